The molecule has 0 aliphatic carbocycles. The van der Waals surface area contributed by atoms with E-state index >= 15 is 0 Å². The maximum Gasteiger partial charge on any atom is 0.228 e. The number of para-hydroxylation sites is 1. The molecule has 2 atom stereocenters. The molecule has 2 aliphatic heterocycles. The first-order valence-electron chi connectivity index (χ1n) is 9.87. The largest absolute Gasteiger partial charge is 0.356 e. The summed E-state index contributed by atoms with van der Waals surface area (Å²) < 4.78 is 0. The maximum absolute atomic E-state index is 13.0. The van der Waals surface area contributed by atoms with Gasteiger partial charge in [0, 0.05) is 38.3 Å². The van der Waals surface area contributed by atoms with E-state index in [4.69, 9.17) is 0 Å². The molecule has 0 spiro atoms. The molecule has 146 valence electrons. The normalized spacial score (nSPS) is 23.0. The standard InChI is InChI=1S/C21H29N3O3/c1-15(2)12-22-20(26)16-7-6-10-23(13-16)21(27)17-11-19(25)24(14-17)18-8-4-3-5-9-18/h3-5,8-9,15-17H,6-7,10-14H2,1-2H3,(H,22,26)/t16-,17+/m0/s1. The summed E-state index contributed by atoms with van der Waals surface area (Å²) in [4.78, 5) is 41.2. The van der Waals surface area contributed by atoms with Crippen molar-refractivity contribution in [1.82, 2.24) is 10.2 Å². The topological polar surface area (TPSA) is 69.7 Å². The fraction of sp³-hybridized carbons (Fsp3) is 0.571. The highest BCUT2D eigenvalue weighted by molar-refractivity contribution is 6.00. The smallest absolute Gasteiger partial charge is 0.228 e. The van der Waals surface area contributed by atoms with Crippen molar-refractivity contribution in [2.75, 3.05) is 31.1 Å². The van der Waals surface area contributed by atoms with E-state index in [0.29, 0.717) is 32.1 Å². The Morgan fingerprint density at radius 1 is 1.15 bits per heavy atom. The van der Waals surface area contributed by atoms with Crippen LogP contribution in [0.1, 0.15) is 33.1 Å². The minimum atomic E-state index is -0.324. The summed E-state index contributed by atoms with van der Waals surface area (Å²) in [6.45, 7) is 6.33. The van der Waals surface area contributed by atoms with Gasteiger partial charge in [0.2, 0.25) is 17.7 Å². The van der Waals surface area contributed by atoms with E-state index in [1.54, 1.807) is 9.80 Å². The predicted molar refractivity (Wildman–Crippen MR) is 104 cm³/mol. The summed E-state index contributed by atoms with van der Waals surface area (Å²) >= 11 is 0. The highest BCUT2D eigenvalue weighted by Crippen LogP contribution is 2.27. The van der Waals surface area contributed by atoms with Gasteiger partial charge >= 0.3 is 0 Å². The Morgan fingerprint density at radius 2 is 1.89 bits per heavy atom. The average molecular weight is 371 g/mol. The van der Waals surface area contributed by atoms with Gasteiger partial charge in [-0.2, -0.15) is 0 Å². The molecule has 3 rings (SSSR count). The van der Waals surface area contributed by atoms with Crippen LogP contribution in [0.25, 0.3) is 0 Å². The molecular formula is C21H29N3O3. The van der Waals surface area contributed by atoms with Crippen molar-refractivity contribution in [1.29, 1.82) is 0 Å². The molecule has 27 heavy (non-hydrogen) atoms. The van der Waals surface area contributed by atoms with Crippen molar-refractivity contribution in [3.63, 3.8) is 0 Å². The van der Waals surface area contributed by atoms with Crippen molar-refractivity contribution in [2.24, 2.45) is 17.8 Å². The fourth-order valence-corrected chi connectivity index (χ4v) is 3.83. The molecule has 6 heteroatoms. The number of anilines is 1. The van der Waals surface area contributed by atoms with Crippen molar-refractivity contribution in [3.05, 3.63) is 30.3 Å². The van der Waals surface area contributed by atoms with E-state index in [1.807, 2.05) is 30.3 Å². The molecule has 2 fully saturated rings. The van der Waals surface area contributed by atoms with E-state index < -0.39 is 0 Å². The molecule has 2 saturated heterocycles. The lowest BCUT2D eigenvalue weighted by molar-refractivity contribution is -0.139. The molecule has 1 N–H and O–H groups in total. The van der Waals surface area contributed by atoms with Gasteiger partial charge < -0.3 is 15.1 Å². The lowest BCUT2D eigenvalue weighted by Crippen LogP contribution is -2.48. The SMILES string of the molecule is CC(C)CNC(=O)[C@H]1CCCN(C(=O)[C@@H]2CC(=O)N(c3ccccc3)C2)C1. The van der Waals surface area contributed by atoms with Crippen LogP contribution in [-0.4, -0.2) is 48.8 Å². The van der Waals surface area contributed by atoms with Crippen LogP contribution in [0.2, 0.25) is 0 Å². The summed E-state index contributed by atoms with van der Waals surface area (Å²) in [6, 6.07) is 9.47. The van der Waals surface area contributed by atoms with Crippen LogP contribution >= 0.6 is 0 Å². The van der Waals surface area contributed by atoms with E-state index in [2.05, 4.69) is 19.2 Å². The molecule has 0 unspecified atom stereocenters. The molecule has 6 nitrogen and oxygen atoms in total. The predicted octanol–water partition coefficient (Wildman–Crippen LogP) is 2.05. The molecule has 3 amide bonds. The van der Waals surface area contributed by atoms with Crippen molar-refractivity contribution in [3.8, 4) is 0 Å². The molecular weight excluding hydrogens is 342 g/mol. The Balaban J connectivity index is 1.59. The van der Waals surface area contributed by atoms with Crippen LogP contribution in [0.15, 0.2) is 30.3 Å². The van der Waals surface area contributed by atoms with Gasteiger partial charge in [-0.1, -0.05) is 32.0 Å². The highest BCUT2D eigenvalue weighted by Gasteiger charge is 2.39. The summed E-state index contributed by atoms with van der Waals surface area (Å²) in [7, 11) is 0. The third-order valence-electron chi connectivity index (χ3n) is 5.33. The highest BCUT2D eigenvalue weighted by atomic mass is 16.2. The Morgan fingerprint density at radius 3 is 2.59 bits per heavy atom. The zero-order chi connectivity index (χ0) is 19.4. The van der Waals surface area contributed by atoms with Gasteiger partial charge in [-0.05, 0) is 30.9 Å². The first kappa shape index (κ1) is 19.4. The van der Waals surface area contributed by atoms with Crippen LogP contribution in [0, 0.1) is 17.8 Å². The Bertz CT molecular complexity index is 689. The summed E-state index contributed by atoms with van der Waals surface area (Å²) in [5, 5.41) is 2.98. The van der Waals surface area contributed by atoms with Crippen molar-refractivity contribution < 1.29 is 14.4 Å². The zero-order valence-electron chi connectivity index (χ0n) is 16.2. The molecule has 2 heterocycles. The van der Waals surface area contributed by atoms with Gasteiger partial charge in [-0.25, -0.2) is 0 Å². The van der Waals surface area contributed by atoms with Gasteiger partial charge in [0.05, 0.1) is 11.8 Å². The molecule has 2 aliphatic rings. The molecule has 0 radical (unpaired) electrons. The first-order valence-corrected chi connectivity index (χ1v) is 9.87. The minimum absolute atomic E-state index is 0.00291. The Kier molecular flexibility index (Phi) is 6.14. The van der Waals surface area contributed by atoms with E-state index in [1.165, 1.54) is 0 Å². The molecule has 0 bridgehead atoms. The number of hydrogen-bond acceptors (Lipinski definition) is 3. The van der Waals surface area contributed by atoms with Gasteiger partial charge in [-0.3, -0.25) is 14.4 Å². The van der Waals surface area contributed by atoms with Gasteiger partial charge in [0.25, 0.3) is 0 Å². The summed E-state index contributed by atoms with van der Waals surface area (Å²) in [5.74, 6) is -0.0387. The lowest BCUT2D eigenvalue weighted by atomic mass is 9.95. The summed E-state index contributed by atoms with van der Waals surface area (Å²) in [5.41, 5.74) is 0.836. The molecule has 1 aromatic rings. The number of nitrogens with zero attached hydrogens (tertiary/aromatic N) is 2. The van der Waals surface area contributed by atoms with Gasteiger partial charge in [0.1, 0.15) is 0 Å². The average Bonchev–Trinajstić information content (AvgIpc) is 3.08. The number of carbonyl (C=O) groups is 3. The lowest BCUT2D eigenvalue weighted by Gasteiger charge is -2.33. The number of benzene rings is 1. The quantitative estimate of drug-likeness (QED) is 0.861. The summed E-state index contributed by atoms with van der Waals surface area (Å²) in [6.07, 6.45) is 1.89. The molecule has 0 aromatic heterocycles. The zero-order valence-corrected chi connectivity index (χ0v) is 16.2. The number of nitrogens with one attached hydrogen (secondary N) is 1. The van der Waals surface area contributed by atoms with Crippen LogP contribution < -0.4 is 10.2 Å². The van der Waals surface area contributed by atoms with E-state index in [-0.39, 0.29) is 36.0 Å². The third-order valence-corrected chi connectivity index (χ3v) is 5.33. The fourth-order valence-electron chi connectivity index (χ4n) is 3.83. The van der Waals surface area contributed by atoms with Crippen LogP contribution in [0.5, 0.6) is 0 Å². The molecule has 0 saturated carbocycles. The van der Waals surface area contributed by atoms with E-state index in [0.717, 1.165) is 18.5 Å². The number of likely N-dealkylation sites (tertiary alicyclic amines) is 1. The second-order valence-electron chi connectivity index (χ2n) is 8.00. The second-order valence-corrected chi connectivity index (χ2v) is 8.00. The van der Waals surface area contributed by atoms with Crippen LogP contribution in [0.4, 0.5) is 5.69 Å². The van der Waals surface area contributed by atoms with Crippen LogP contribution in [-0.2, 0) is 14.4 Å². The van der Waals surface area contributed by atoms with Crippen molar-refractivity contribution in [2.45, 2.75) is 33.1 Å². The Labute approximate surface area is 160 Å². The number of carbonyl (C=O) groups excluding carboxylic acids is 3. The maximum atomic E-state index is 13.0. The monoisotopic (exact) mass is 371 g/mol. The second kappa shape index (κ2) is 8.55. The number of piperidine rings is 1. The minimum Gasteiger partial charge on any atom is -0.356 e. The number of amides is 3. The first-order chi connectivity index (χ1) is 13.0. The van der Waals surface area contributed by atoms with Crippen LogP contribution in [0.3, 0.4) is 0 Å². The Hall–Kier alpha value is -2.37. The third kappa shape index (κ3) is 4.67. The van der Waals surface area contributed by atoms with Crippen molar-refractivity contribution >= 4 is 23.4 Å². The molecule has 1 aromatic carbocycles. The number of hydrogen-bond donors (Lipinski definition) is 1. The van der Waals surface area contributed by atoms with Gasteiger partial charge in [-0.15, -0.1) is 0 Å². The van der Waals surface area contributed by atoms with Gasteiger partial charge in [0.15, 0.2) is 0 Å². The van der Waals surface area contributed by atoms with E-state index in [9.17, 15) is 14.4 Å². The number of rotatable bonds is 5.